The fourth-order valence-electron chi connectivity index (χ4n) is 5.06. The van der Waals surface area contributed by atoms with Gasteiger partial charge in [-0.25, -0.2) is 9.97 Å². The number of allylic oxidation sites excluding steroid dienone is 2. The summed E-state index contributed by atoms with van der Waals surface area (Å²) in [5, 5.41) is 3.37. The van der Waals surface area contributed by atoms with Crippen molar-refractivity contribution in [2.45, 2.75) is 53.4 Å². The van der Waals surface area contributed by atoms with Crippen LogP contribution in [0, 0.1) is 0 Å². The van der Waals surface area contributed by atoms with Gasteiger partial charge in [0.2, 0.25) is 5.95 Å². The number of hydrogen-bond acceptors (Lipinski definition) is 7. The van der Waals surface area contributed by atoms with Gasteiger partial charge in [-0.2, -0.15) is 0 Å². The molecule has 2 aromatic carbocycles. The molecule has 0 aliphatic carbocycles. The van der Waals surface area contributed by atoms with Gasteiger partial charge in [0.25, 0.3) is 0 Å². The van der Waals surface area contributed by atoms with Crippen LogP contribution in [-0.4, -0.2) is 56.2 Å². The van der Waals surface area contributed by atoms with Gasteiger partial charge in [0, 0.05) is 43.5 Å². The lowest BCUT2D eigenvalue weighted by atomic mass is 9.88. The summed E-state index contributed by atoms with van der Waals surface area (Å²) >= 11 is 0. The van der Waals surface area contributed by atoms with Crippen LogP contribution in [0.15, 0.2) is 49.2 Å². The van der Waals surface area contributed by atoms with E-state index >= 15 is 0 Å². The molecule has 0 atom stereocenters. The Hall–Kier alpha value is -3.84. The Balaban J connectivity index is 2.05. The molecule has 1 heterocycles. The van der Waals surface area contributed by atoms with Crippen molar-refractivity contribution in [2.75, 3.05) is 57.3 Å². The number of likely N-dealkylation sites (N-methyl/N-ethyl adjacent to an activating group) is 2. The van der Waals surface area contributed by atoms with Gasteiger partial charge in [-0.3, -0.25) is 0 Å². The summed E-state index contributed by atoms with van der Waals surface area (Å²) in [6.07, 6.45) is 8.38. The molecule has 3 aromatic rings. The number of aromatic nitrogens is 2. The zero-order valence-electron chi connectivity index (χ0n) is 26.3. The molecule has 0 amide bonds. The highest BCUT2D eigenvalue weighted by atomic mass is 16.5. The molecule has 0 aliphatic heterocycles. The van der Waals surface area contributed by atoms with Crippen molar-refractivity contribution < 1.29 is 4.74 Å². The molecule has 0 bridgehead atoms. The fraction of sp³-hybridized carbons (Fsp3) is 0.412. The topological polar surface area (TPSA) is 79.5 Å². The zero-order valence-corrected chi connectivity index (χ0v) is 26.3. The molecule has 7 heteroatoms. The van der Waals surface area contributed by atoms with Crippen molar-refractivity contribution in [3.63, 3.8) is 0 Å². The average Bonchev–Trinajstić information content (AvgIpc) is 2.95. The lowest BCUT2D eigenvalue weighted by Crippen LogP contribution is -2.29. The molecule has 0 unspecified atom stereocenters. The quantitative estimate of drug-likeness (QED) is 0.203. The normalized spacial score (nSPS) is 11.6. The Labute approximate surface area is 247 Å². The first-order chi connectivity index (χ1) is 19.6. The maximum atomic E-state index is 6.51. The predicted octanol–water partition coefficient (Wildman–Crippen LogP) is 7.20. The maximum Gasteiger partial charge on any atom is 0.227 e. The Morgan fingerprint density at radius 1 is 1.12 bits per heavy atom. The Bertz CT molecular complexity index is 1380. The van der Waals surface area contributed by atoms with Crippen LogP contribution >= 0.6 is 0 Å². The van der Waals surface area contributed by atoms with Crippen LogP contribution in [0.4, 0.5) is 23.0 Å². The Morgan fingerprint density at radius 3 is 2.49 bits per heavy atom. The third-order valence-corrected chi connectivity index (χ3v) is 7.40. The van der Waals surface area contributed by atoms with Gasteiger partial charge in [-0.05, 0) is 75.5 Å². The average molecular weight is 557 g/mol. The maximum absolute atomic E-state index is 6.51. The number of ether oxygens (including phenoxy) is 1. The second-order valence-corrected chi connectivity index (χ2v) is 10.8. The molecule has 0 radical (unpaired) electrons. The molecule has 0 aliphatic rings. The molecule has 7 nitrogen and oxygen atoms in total. The second kappa shape index (κ2) is 14.7. The van der Waals surface area contributed by atoms with E-state index in [-0.39, 0.29) is 0 Å². The van der Waals surface area contributed by atoms with E-state index in [0.29, 0.717) is 23.1 Å². The number of hydrogen-bond donors (Lipinski definition) is 2. The van der Waals surface area contributed by atoms with Gasteiger partial charge in [0.05, 0.1) is 29.9 Å². The highest BCUT2D eigenvalue weighted by Crippen LogP contribution is 2.37. The number of nitrogens with two attached hydrogens (primary N) is 1. The van der Waals surface area contributed by atoms with E-state index in [2.05, 4.69) is 85.8 Å². The molecule has 0 saturated carbocycles. The Morgan fingerprint density at radius 2 is 1.88 bits per heavy atom. The monoisotopic (exact) mass is 556 g/mol. The van der Waals surface area contributed by atoms with E-state index in [1.807, 2.05) is 32.3 Å². The number of benzene rings is 2. The number of nitrogen functional groups attached to an aromatic ring is 1. The van der Waals surface area contributed by atoms with E-state index in [1.165, 1.54) is 29.5 Å². The van der Waals surface area contributed by atoms with E-state index in [4.69, 9.17) is 15.5 Å². The van der Waals surface area contributed by atoms with Gasteiger partial charge in [-0.1, -0.05) is 51.1 Å². The SMILES string of the molecule is C=C(C)c1cnc(Nc2cc(N)c(N(C)CCN(C)C)cc2OC)nc1/C(=C/C)c1cccc(CCCC)c1CC. The van der Waals surface area contributed by atoms with Gasteiger partial charge < -0.3 is 25.6 Å². The first kappa shape index (κ1) is 31.7. The standard InChI is InChI=1S/C34H48N6O/c1-10-13-15-24-16-14-17-27(25(24)11-2)26(12-3)33-28(23(4)5)22-36-34(38-33)37-30-20-29(35)31(21-32(30)41-9)40(8)19-18-39(6)7/h12,14,16-17,20-22H,4,10-11,13,15,18-19,35H2,1-3,5-9H3,(H,36,37,38)/b26-12+. The fourth-order valence-corrected chi connectivity index (χ4v) is 5.06. The molecule has 1 aromatic heterocycles. The lowest BCUT2D eigenvalue weighted by molar-refractivity contribution is 0.413. The van der Waals surface area contributed by atoms with Crippen molar-refractivity contribution in [2.24, 2.45) is 0 Å². The van der Waals surface area contributed by atoms with Crippen molar-refractivity contribution in [3.8, 4) is 5.75 Å². The summed E-state index contributed by atoms with van der Waals surface area (Å²) in [5.74, 6) is 1.14. The first-order valence-electron chi connectivity index (χ1n) is 14.6. The third-order valence-electron chi connectivity index (χ3n) is 7.40. The largest absolute Gasteiger partial charge is 0.494 e. The summed E-state index contributed by atoms with van der Waals surface area (Å²) in [4.78, 5) is 14.0. The van der Waals surface area contributed by atoms with E-state index in [9.17, 15) is 0 Å². The molecular formula is C34H48N6O. The summed E-state index contributed by atoms with van der Waals surface area (Å²) < 4.78 is 5.76. The minimum absolute atomic E-state index is 0.468. The van der Waals surface area contributed by atoms with Gasteiger partial charge >= 0.3 is 0 Å². The van der Waals surface area contributed by atoms with Crippen LogP contribution in [0.2, 0.25) is 0 Å². The second-order valence-electron chi connectivity index (χ2n) is 10.8. The molecule has 0 spiro atoms. The molecule has 3 N–H and O–H groups in total. The third kappa shape index (κ3) is 7.67. The molecule has 3 rings (SSSR count). The van der Waals surface area contributed by atoms with E-state index in [0.717, 1.165) is 54.0 Å². The van der Waals surface area contributed by atoms with Crippen LogP contribution in [0.5, 0.6) is 5.75 Å². The number of nitrogens with zero attached hydrogens (tertiary/aromatic N) is 4. The van der Waals surface area contributed by atoms with Crippen LogP contribution in [-0.2, 0) is 12.8 Å². The molecule has 41 heavy (non-hydrogen) atoms. The summed E-state index contributed by atoms with van der Waals surface area (Å²) in [7, 11) is 7.81. The van der Waals surface area contributed by atoms with Crippen molar-refractivity contribution in [1.29, 1.82) is 0 Å². The summed E-state index contributed by atoms with van der Waals surface area (Å²) in [6.45, 7) is 14.5. The molecule has 0 saturated heterocycles. The van der Waals surface area contributed by atoms with Crippen LogP contribution < -0.4 is 20.7 Å². The number of nitrogens with one attached hydrogen (secondary N) is 1. The lowest BCUT2D eigenvalue weighted by Gasteiger charge is -2.24. The Kier molecular flexibility index (Phi) is 11.4. The van der Waals surface area contributed by atoms with E-state index in [1.54, 1.807) is 7.11 Å². The van der Waals surface area contributed by atoms with Crippen molar-refractivity contribution in [3.05, 3.63) is 77.1 Å². The van der Waals surface area contributed by atoms with Gasteiger partial charge in [0.1, 0.15) is 5.75 Å². The number of rotatable bonds is 14. The highest BCUT2D eigenvalue weighted by molar-refractivity contribution is 5.86. The minimum Gasteiger partial charge on any atom is -0.494 e. The van der Waals surface area contributed by atoms with Crippen LogP contribution in [0.3, 0.4) is 0 Å². The van der Waals surface area contributed by atoms with E-state index < -0.39 is 0 Å². The summed E-state index contributed by atoms with van der Waals surface area (Å²) in [6, 6.07) is 10.5. The van der Waals surface area contributed by atoms with Crippen molar-refractivity contribution in [1.82, 2.24) is 14.9 Å². The molecular weight excluding hydrogens is 508 g/mol. The first-order valence-corrected chi connectivity index (χ1v) is 14.6. The molecule has 220 valence electrons. The predicted molar refractivity (Wildman–Crippen MR) is 176 cm³/mol. The highest BCUT2D eigenvalue weighted by Gasteiger charge is 2.19. The minimum atomic E-state index is 0.468. The zero-order chi connectivity index (χ0) is 30.1. The summed E-state index contributed by atoms with van der Waals surface area (Å²) in [5.41, 5.74) is 16.6. The number of unbranched alkanes of at least 4 members (excludes halogenated alkanes) is 1. The smallest absolute Gasteiger partial charge is 0.227 e. The van der Waals surface area contributed by atoms with Crippen LogP contribution in [0.1, 0.15) is 68.5 Å². The van der Waals surface area contributed by atoms with Gasteiger partial charge in [-0.15, -0.1) is 0 Å². The van der Waals surface area contributed by atoms with Crippen molar-refractivity contribution >= 4 is 34.2 Å². The number of methoxy groups -OCH3 is 1. The number of aryl methyl sites for hydroxylation is 1. The number of anilines is 4. The molecule has 0 fully saturated rings. The van der Waals surface area contributed by atoms with Gasteiger partial charge in [0.15, 0.2) is 0 Å². The van der Waals surface area contributed by atoms with Crippen LogP contribution in [0.25, 0.3) is 11.1 Å².